The Bertz CT molecular complexity index is 1140. The molecule has 142 valence electrons. The van der Waals surface area contributed by atoms with E-state index in [-0.39, 0.29) is 11.1 Å². The molecule has 9 heteroatoms. The van der Waals surface area contributed by atoms with Gasteiger partial charge in [-0.1, -0.05) is 18.2 Å². The molecule has 1 aliphatic heterocycles. The minimum atomic E-state index is -1.07. The third-order valence-corrected chi connectivity index (χ3v) is 4.90. The van der Waals surface area contributed by atoms with Crippen LogP contribution >= 0.6 is 0 Å². The number of fused-ring (bicyclic) bond motifs is 1. The first kappa shape index (κ1) is 17.7. The molecule has 1 atom stereocenters. The highest BCUT2D eigenvalue weighted by atomic mass is 16.6. The second-order valence-corrected chi connectivity index (χ2v) is 6.54. The van der Waals surface area contributed by atoms with Crippen molar-refractivity contribution in [2.24, 2.45) is 0 Å². The minimum absolute atomic E-state index is 0.113. The summed E-state index contributed by atoms with van der Waals surface area (Å²) in [7, 11) is 0. The van der Waals surface area contributed by atoms with E-state index in [1.54, 1.807) is 30.3 Å². The highest BCUT2D eigenvalue weighted by molar-refractivity contribution is 5.80. The quantitative estimate of drug-likeness (QED) is 0.551. The predicted molar refractivity (Wildman–Crippen MR) is 101 cm³/mol. The maximum atomic E-state index is 13.3. The third kappa shape index (κ3) is 2.86. The van der Waals surface area contributed by atoms with Crippen molar-refractivity contribution in [3.8, 4) is 5.69 Å². The summed E-state index contributed by atoms with van der Waals surface area (Å²) in [6.07, 6.45) is 0.143. The van der Waals surface area contributed by atoms with Gasteiger partial charge in [0.05, 0.1) is 27.6 Å². The Balaban J connectivity index is 2.03. The molecule has 2 aromatic carbocycles. The number of nitro groups is 1. The zero-order valence-corrected chi connectivity index (χ0v) is 14.7. The van der Waals surface area contributed by atoms with Gasteiger partial charge in [-0.05, 0) is 31.0 Å². The molecule has 0 saturated carbocycles. The Morgan fingerprint density at radius 1 is 1.21 bits per heavy atom. The molecule has 0 bridgehead atoms. The van der Waals surface area contributed by atoms with E-state index in [9.17, 15) is 24.8 Å². The second kappa shape index (κ2) is 6.76. The number of rotatable bonds is 3. The zero-order valence-electron chi connectivity index (χ0n) is 14.7. The van der Waals surface area contributed by atoms with Crippen molar-refractivity contribution in [2.75, 3.05) is 6.54 Å². The molecule has 9 nitrogen and oxygen atoms in total. The Labute approximate surface area is 158 Å². The summed E-state index contributed by atoms with van der Waals surface area (Å²) in [5, 5.41) is 20.7. The van der Waals surface area contributed by atoms with Gasteiger partial charge in [0, 0.05) is 18.7 Å². The van der Waals surface area contributed by atoms with Crippen LogP contribution in [0.2, 0.25) is 0 Å². The highest BCUT2D eigenvalue weighted by Gasteiger charge is 2.34. The van der Waals surface area contributed by atoms with Gasteiger partial charge < -0.3 is 5.11 Å². The number of carboxylic acid groups (broad SMARTS) is 1. The van der Waals surface area contributed by atoms with Crippen LogP contribution in [0.5, 0.6) is 0 Å². The van der Waals surface area contributed by atoms with Gasteiger partial charge in [-0.15, -0.1) is 0 Å². The fourth-order valence-electron chi connectivity index (χ4n) is 3.62. The molecular formula is C19H16N4O5. The topological polar surface area (TPSA) is 119 Å². The number of hydrogen-bond donors (Lipinski definition) is 1. The van der Waals surface area contributed by atoms with Gasteiger partial charge in [0.1, 0.15) is 5.82 Å². The summed E-state index contributed by atoms with van der Waals surface area (Å²) in [4.78, 5) is 41.3. The van der Waals surface area contributed by atoms with Gasteiger partial charge in [0.15, 0.2) is 0 Å². The molecule has 0 spiro atoms. The summed E-state index contributed by atoms with van der Waals surface area (Å²) in [6.45, 7) is 0.364. The van der Waals surface area contributed by atoms with Gasteiger partial charge in [-0.2, -0.15) is 0 Å². The summed E-state index contributed by atoms with van der Waals surface area (Å²) in [5.74, 6) is 0.317. The van der Waals surface area contributed by atoms with Crippen molar-refractivity contribution in [2.45, 2.75) is 18.9 Å². The van der Waals surface area contributed by atoms with E-state index in [1.807, 2.05) is 0 Å². The van der Waals surface area contributed by atoms with E-state index in [4.69, 9.17) is 0 Å². The monoisotopic (exact) mass is 380 g/mol. The van der Waals surface area contributed by atoms with Crippen molar-refractivity contribution in [3.05, 3.63) is 74.8 Å². The number of benzene rings is 2. The van der Waals surface area contributed by atoms with E-state index in [0.29, 0.717) is 36.4 Å². The van der Waals surface area contributed by atoms with Crippen molar-refractivity contribution in [1.29, 1.82) is 0 Å². The second-order valence-electron chi connectivity index (χ2n) is 6.54. The molecule has 0 aliphatic carbocycles. The van der Waals surface area contributed by atoms with Crippen LogP contribution in [0.25, 0.3) is 16.6 Å². The van der Waals surface area contributed by atoms with Gasteiger partial charge in [0.2, 0.25) is 0 Å². The molecule has 1 aliphatic rings. The van der Waals surface area contributed by atoms with E-state index in [2.05, 4.69) is 4.98 Å². The van der Waals surface area contributed by atoms with Gasteiger partial charge >= 0.3 is 6.09 Å². The Morgan fingerprint density at radius 2 is 1.96 bits per heavy atom. The standard InChI is InChI=1S/C19H16N4O5/c24-18-14-11-13(23(27)28)8-9-15(14)20-17(16-7-4-10-21(16)19(25)26)22(18)12-5-2-1-3-6-12/h1-3,5-6,8-9,11,16H,4,7,10H2,(H,25,26)/t16-/m1/s1. The lowest BCUT2D eigenvalue weighted by Gasteiger charge is -2.24. The summed E-state index contributed by atoms with van der Waals surface area (Å²) in [6, 6.07) is 12.1. The van der Waals surface area contributed by atoms with Crippen LogP contribution in [0, 0.1) is 10.1 Å². The van der Waals surface area contributed by atoms with E-state index in [0.717, 1.165) is 0 Å². The molecular weight excluding hydrogens is 364 g/mol. The fourth-order valence-corrected chi connectivity index (χ4v) is 3.62. The number of likely N-dealkylation sites (tertiary alicyclic amines) is 1. The predicted octanol–water partition coefficient (Wildman–Crippen LogP) is 3.11. The smallest absolute Gasteiger partial charge is 0.407 e. The van der Waals surface area contributed by atoms with Crippen LogP contribution in [0.3, 0.4) is 0 Å². The van der Waals surface area contributed by atoms with E-state index >= 15 is 0 Å². The number of amides is 1. The molecule has 2 heterocycles. The Morgan fingerprint density at radius 3 is 2.64 bits per heavy atom. The summed E-state index contributed by atoms with van der Waals surface area (Å²) >= 11 is 0. The van der Waals surface area contributed by atoms with Crippen LogP contribution in [-0.4, -0.2) is 37.1 Å². The van der Waals surface area contributed by atoms with Crippen LogP contribution < -0.4 is 5.56 Å². The summed E-state index contributed by atoms with van der Waals surface area (Å²) in [5.41, 5.74) is 0.162. The fraction of sp³-hybridized carbons (Fsp3) is 0.211. The Kier molecular flexibility index (Phi) is 4.26. The summed E-state index contributed by atoms with van der Waals surface area (Å²) < 4.78 is 1.36. The normalized spacial score (nSPS) is 16.4. The van der Waals surface area contributed by atoms with Crippen LogP contribution in [-0.2, 0) is 0 Å². The van der Waals surface area contributed by atoms with Crippen LogP contribution in [0.4, 0.5) is 10.5 Å². The maximum Gasteiger partial charge on any atom is 0.407 e. The molecule has 1 N–H and O–H groups in total. The highest BCUT2D eigenvalue weighted by Crippen LogP contribution is 2.32. The minimum Gasteiger partial charge on any atom is -0.465 e. The zero-order chi connectivity index (χ0) is 19.8. The molecule has 1 saturated heterocycles. The average molecular weight is 380 g/mol. The van der Waals surface area contributed by atoms with Crippen molar-refractivity contribution in [3.63, 3.8) is 0 Å². The molecule has 3 aromatic rings. The van der Waals surface area contributed by atoms with Gasteiger partial charge in [-0.3, -0.25) is 24.4 Å². The lowest BCUT2D eigenvalue weighted by Crippen LogP contribution is -2.34. The van der Waals surface area contributed by atoms with E-state index in [1.165, 1.54) is 27.7 Å². The molecule has 0 unspecified atom stereocenters. The van der Waals surface area contributed by atoms with Crippen molar-refractivity contribution in [1.82, 2.24) is 14.5 Å². The lowest BCUT2D eigenvalue weighted by atomic mass is 10.1. The Hall–Kier alpha value is -3.75. The average Bonchev–Trinajstić information content (AvgIpc) is 3.18. The molecule has 1 aromatic heterocycles. The van der Waals surface area contributed by atoms with Crippen molar-refractivity contribution < 1.29 is 14.8 Å². The van der Waals surface area contributed by atoms with Crippen LogP contribution in [0.15, 0.2) is 53.3 Å². The first-order valence-corrected chi connectivity index (χ1v) is 8.73. The number of nitro benzene ring substituents is 1. The SMILES string of the molecule is O=C(O)N1CCC[C@@H]1c1nc2ccc([N+](=O)[O-])cc2c(=O)n1-c1ccccc1. The lowest BCUT2D eigenvalue weighted by molar-refractivity contribution is -0.384. The number of hydrogen-bond acceptors (Lipinski definition) is 5. The molecule has 4 rings (SSSR count). The molecule has 28 heavy (non-hydrogen) atoms. The van der Waals surface area contributed by atoms with Crippen molar-refractivity contribution >= 4 is 22.7 Å². The number of non-ortho nitro benzene ring substituents is 1. The number of aromatic nitrogens is 2. The molecule has 1 fully saturated rings. The maximum absolute atomic E-state index is 13.3. The van der Waals surface area contributed by atoms with Gasteiger partial charge in [-0.25, -0.2) is 9.78 Å². The number of para-hydroxylation sites is 1. The van der Waals surface area contributed by atoms with E-state index < -0.39 is 22.6 Å². The first-order valence-electron chi connectivity index (χ1n) is 8.73. The van der Waals surface area contributed by atoms with Gasteiger partial charge in [0.25, 0.3) is 11.2 Å². The largest absolute Gasteiger partial charge is 0.465 e. The number of nitrogens with zero attached hydrogens (tertiary/aromatic N) is 4. The first-order chi connectivity index (χ1) is 13.5. The number of carbonyl (C=O) groups is 1. The van der Waals surface area contributed by atoms with Crippen LogP contribution in [0.1, 0.15) is 24.7 Å². The molecule has 0 radical (unpaired) electrons. The third-order valence-electron chi connectivity index (χ3n) is 4.90. The molecule has 1 amide bonds.